The molecular weight excluding hydrogens is 496 g/mol. The Morgan fingerprint density at radius 3 is 2.71 bits per heavy atom. The van der Waals surface area contributed by atoms with Gasteiger partial charge in [0.1, 0.15) is 29.8 Å². The Labute approximate surface area is 175 Å². The molecule has 0 spiro atoms. The number of amides is 1. The number of carbonyl (C=O) groups excluding carboxylic acids is 1. The largest absolute Gasteiger partial charge is 0.496 e. The molecule has 28 heavy (non-hydrogen) atoms. The third kappa shape index (κ3) is 5.25. The molecule has 2 rings (SSSR count). The van der Waals surface area contributed by atoms with E-state index in [0.29, 0.717) is 9.64 Å². The minimum atomic E-state index is -3.14. The second kappa shape index (κ2) is 9.91. The Balaban J connectivity index is 2.53. The van der Waals surface area contributed by atoms with E-state index in [1.807, 2.05) is 22.6 Å². The Bertz CT molecular complexity index is 966. The number of hydrogen-bond donors (Lipinski definition) is 4. The second-order valence-electron chi connectivity index (χ2n) is 5.35. The smallest absolute Gasteiger partial charge is 0.280 e. The average molecular weight is 515 g/mol. The van der Waals surface area contributed by atoms with E-state index in [1.165, 1.54) is 12.1 Å². The van der Waals surface area contributed by atoms with Crippen LogP contribution >= 0.6 is 22.6 Å². The van der Waals surface area contributed by atoms with Crippen LogP contribution in [0.4, 0.5) is 24.5 Å². The number of halogens is 4. The molecule has 4 N–H and O–H groups in total. The molecule has 0 aliphatic rings. The number of nitrogens with one attached hydrogen (secondary N) is 2. The van der Waals surface area contributed by atoms with E-state index < -0.39 is 66.7 Å². The average Bonchev–Trinajstić information content (AvgIpc) is 2.66. The van der Waals surface area contributed by atoms with Crippen molar-refractivity contribution in [2.45, 2.75) is 6.10 Å². The van der Waals surface area contributed by atoms with E-state index in [0.717, 1.165) is 6.07 Å². The Kier molecular flexibility index (Phi) is 6.36. The first-order valence-corrected chi connectivity index (χ1v) is 8.65. The lowest BCUT2D eigenvalue weighted by Crippen LogP contribution is -2.30. The summed E-state index contributed by atoms with van der Waals surface area (Å²) in [5.74, 6) is -6.22. The van der Waals surface area contributed by atoms with Gasteiger partial charge < -0.3 is 20.3 Å². The zero-order valence-corrected chi connectivity index (χ0v) is 16.1. The van der Waals surface area contributed by atoms with Crippen LogP contribution in [0.5, 0.6) is 5.75 Å². The van der Waals surface area contributed by atoms with Gasteiger partial charge in [-0.05, 0) is 40.8 Å². The Hall–Kier alpha value is -2.09. The van der Waals surface area contributed by atoms with Crippen molar-refractivity contribution in [2.75, 3.05) is 25.6 Å². The van der Waals surface area contributed by atoms with Gasteiger partial charge in [-0.3, -0.25) is 9.63 Å². The molecule has 0 fully saturated rings. The van der Waals surface area contributed by atoms with Crippen LogP contribution in [0.2, 0.25) is 0 Å². The predicted molar refractivity (Wildman–Crippen MR) is 102 cm³/mol. The number of aliphatic hydroxyl groups is 2. The number of hydroxylamine groups is 1. The normalized spacial score (nSPS) is 13.9. The fourth-order valence-corrected chi connectivity index (χ4v) is 2.51. The number of benzene rings is 2. The van der Waals surface area contributed by atoms with E-state index in [9.17, 15) is 23.1 Å². The maximum Gasteiger partial charge on any atom is 0.280 e. The summed E-state index contributed by atoms with van der Waals surface area (Å²) in [4.78, 5) is 17.2. The molecule has 1 atom stereocenters. The van der Waals surface area contributed by atoms with E-state index in [-0.39, 0.29) is 5.69 Å². The third-order valence-corrected chi connectivity index (χ3v) is 4.03. The van der Waals surface area contributed by atoms with Crippen LogP contribution in [0.15, 0.2) is 24.3 Å². The molecule has 152 valence electrons. The number of rotatable bonds is 8. The fourth-order valence-electron chi connectivity index (χ4n) is 2.06. The van der Waals surface area contributed by atoms with E-state index in [4.69, 9.17) is 9.22 Å². The lowest BCUT2D eigenvalue weighted by Gasteiger charge is -2.17. The molecule has 11 heteroatoms. The molecule has 0 saturated carbocycles. The minimum Gasteiger partial charge on any atom is -0.496 e. The summed E-state index contributed by atoms with van der Waals surface area (Å²) in [5, 5.41) is 20.2. The molecule has 7 nitrogen and oxygen atoms in total. The summed E-state index contributed by atoms with van der Waals surface area (Å²) >= 11 is 1.82. The maximum atomic E-state index is 14.6. The van der Waals surface area contributed by atoms with Crippen LogP contribution < -0.4 is 15.5 Å². The molecule has 2 aromatic rings. The summed E-state index contributed by atoms with van der Waals surface area (Å²) in [7, 11) is -3.14. The molecule has 1 unspecified atom stereocenters. The zero-order valence-electron chi connectivity index (χ0n) is 16.9. The monoisotopic (exact) mass is 515 g/mol. The van der Waals surface area contributed by atoms with E-state index in [2.05, 4.69) is 14.9 Å². The van der Waals surface area contributed by atoms with Crippen LogP contribution in [-0.2, 0) is 4.84 Å². The molecular formula is C17H16F3IN2O5. The topological polar surface area (TPSA) is 100 Å². The van der Waals surface area contributed by atoms with Crippen molar-refractivity contribution in [3.63, 3.8) is 0 Å². The van der Waals surface area contributed by atoms with Crippen molar-refractivity contribution in [3.8, 4) is 5.75 Å². The summed E-state index contributed by atoms with van der Waals surface area (Å²) < 4.78 is 69.6. The van der Waals surface area contributed by atoms with Crippen molar-refractivity contribution in [3.05, 3.63) is 50.9 Å². The van der Waals surface area contributed by atoms with Crippen molar-refractivity contribution in [1.29, 1.82) is 0 Å². The number of hydrogen-bond acceptors (Lipinski definition) is 6. The SMILES string of the molecule is [2H]C([2H])([2H])Oc1cc(F)c(F)c(Nc2ccc(I)cc2F)c1C(=O)NOCC(O)CO. The molecule has 0 aliphatic heterocycles. The van der Waals surface area contributed by atoms with Crippen LogP contribution in [-0.4, -0.2) is 42.5 Å². The highest BCUT2D eigenvalue weighted by Crippen LogP contribution is 2.34. The molecule has 0 saturated heterocycles. The molecule has 0 aromatic heterocycles. The molecule has 0 heterocycles. The molecule has 2 aromatic carbocycles. The highest BCUT2D eigenvalue weighted by molar-refractivity contribution is 14.1. The van der Waals surface area contributed by atoms with Crippen molar-refractivity contribution >= 4 is 39.9 Å². The Morgan fingerprint density at radius 2 is 2.07 bits per heavy atom. The zero-order chi connectivity index (χ0) is 23.3. The number of aliphatic hydroxyl groups excluding tert-OH is 2. The van der Waals surface area contributed by atoms with Crippen LogP contribution in [0.3, 0.4) is 0 Å². The van der Waals surface area contributed by atoms with Gasteiger partial charge in [-0.25, -0.2) is 18.7 Å². The van der Waals surface area contributed by atoms with Gasteiger partial charge in [-0.1, -0.05) is 0 Å². The minimum absolute atomic E-state index is 0.338. The maximum absolute atomic E-state index is 14.6. The number of methoxy groups -OCH3 is 1. The van der Waals surface area contributed by atoms with Crippen molar-refractivity contribution in [1.82, 2.24) is 5.48 Å². The van der Waals surface area contributed by atoms with Gasteiger partial charge in [0.25, 0.3) is 5.91 Å². The van der Waals surface area contributed by atoms with Gasteiger partial charge in [0, 0.05) is 9.64 Å². The predicted octanol–water partition coefficient (Wildman–Crippen LogP) is 2.48. The lowest BCUT2D eigenvalue weighted by atomic mass is 10.1. The first-order chi connectivity index (χ1) is 14.4. The van der Waals surface area contributed by atoms with Gasteiger partial charge in [0.15, 0.2) is 11.6 Å². The van der Waals surface area contributed by atoms with Gasteiger partial charge in [0.2, 0.25) is 0 Å². The highest BCUT2D eigenvalue weighted by Gasteiger charge is 2.26. The first kappa shape index (κ1) is 18.0. The summed E-state index contributed by atoms with van der Waals surface area (Å²) in [6.45, 7) is -1.26. The van der Waals surface area contributed by atoms with Crippen LogP contribution in [0.1, 0.15) is 14.5 Å². The van der Waals surface area contributed by atoms with Crippen LogP contribution in [0, 0.1) is 21.0 Å². The lowest BCUT2D eigenvalue weighted by molar-refractivity contribution is -0.0295. The van der Waals surface area contributed by atoms with Gasteiger partial charge in [-0.15, -0.1) is 0 Å². The number of carbonyl (C=O) groups is 1. The summed E-state index contributed by atoms with van der Waals surface area (Å²) in [6, 6.07) is 4.07. The highest BCUT2D eigenvalue weighted by atomic mass is 127. The van der Waals surface area contributed by atoms with Gasteiger partial charge in [0.05, 0.1) is 29.1 Å². The summed E-state index contributed by atoms with van der Waals surface area (Å²) in [6.07, 6.45) is -1.36. The first-order valence-electron chi connectivity index (χ1n) is 9.07. The van der Waals surface area contributed by atoms with Crippen LogP contribution in [0.25, 0.3) is 0 Å². The van der Waals surface area contributed by atoms with E-state index in [1.54, 1.807) is 5.48 Å². The fraction of sp³-hybridized carbons (Fsp3) is 0.235. The van der Waals surface area contributed by atoms with Gasteiger partial charge in [-0.2, -0.15) is 0 Å². The number of ether oxygens (including phenoxy) is 1. The van der Waals surface area contributed by atoms with Crippen molar-refractivity contribution in [2.24, 2.45) is 0 Å². The standard InChI is InChI=1S/C17H16F3IN2O5/c1-27-13-5-11(19)15(20)16(22-12-3-2-8(21)4-10(12)18)14(13)17(26)23-28-7-9(25)6-24/h2-5,9,22,24-25H,6-7H2,1H3,(H,23,26)/i1D3. The molecule has 0 aliphatic carbocycles. The molecule has 0 bridgehead atoms. The quantitative estimate of drug-likeness (QED) is 0.319. The van der Waals surface area contributed by atoms with E-state index >= 15 is 0 Å². The number of anilines is 2. The summed E-state index contributed by atoms with van der Waals surface area (Å²) in [5.41, 5.74) is -0.303. The second-order valence-corrected chi connectivity index (χ2v) is 6.60. The molecule has 0 radical (unpaired) electrons. The van der Waals surface area contributed by atoms with Gasteiger partial charge >= 0.3 is 0 Å². The molecule has 1 amide bonds. The van der Waals surface area contributed by atoms with Crippen molar-refractivity contribution < 1.29 is 41.9 Å². The third-order valence-electron chi connectivity index (χ3n) is 3.36. The Morgan fingerprint density at radius 1 is 1.32 bits per heavy atom.